The Balaban J connectivity index is 1.26. The van der Waals surface area contributed by atoms with Gasteiger partial charge in [-0.3, -0.25) is 0 Å². The van der Waals surface area contributed by atoms with Crippen molar-refractivity contribution in [3.63, 3.8) is 0 Å². The molecule has 6 heteroatoms. The Labute approximate surface area is 301 Å². The molecular weight excluding hydrogens is 659 g/mol. The third-order valence-corrected chi connectivity index (χ3v) is 12.2. The zero-order chi connectivity index (χ0) is 34.9. The number of rotatable bonds is 4. The molecule has 2 heterocycles. The molecule has 52 heavy (non-hydrogen) atoms. The topological polar surface area (TPSA) is 72.8 Å². The van der Waals surface area contributed by atoms with E-state index in [-0.39, 0.29) is 0 Å². The number of nitrogens with zero attached hydrogens (tertiary/aromatic N) is 3. The van der Waals surface area contributed by atoms with Gasteiger partial charge in [-0.2, -0.15) is 0 Å². The van der Waals surface area contributed by atoms with Crippen molar-refractivity contribution >= 4 is 9.84 Å². The molecule has 0 radical (unpaired) electrons. The van der Waals surface area contributed by atoms with Crippen molar-refractivity contribution in [2.75, 3.05) is 0 Å². The average molecular weight is 688 g/mol. The summed E-state index contributed by atoms with van der Waals surface area (Å²) in [5, 5.41) is 0. The van der Waals surface area contributed by atoms with Crippen LogP contribution in [-0.2, 0) is 15.3 Å². The van der Waals surface area contributed by atoms with Gasteiger partial charge in [-0.05, 0) is 62.7 Å². The summed E-state index contributed by atoms with van der Waals surface area (Å²) in [6.07, 6.45) is 0. The second-order valence-electron chi connectivity index (χ2n) is 13.1. The fourth-order valence-electron chi connectivity index (χ4n) is 8.19. The molecule has 8 aromatic rings. The molecule has 246 valence electrons. The van der Waals surface area contributed by atoms with Crippen molar-refractivity contribution in [3.05, 3.63) is 198 Å². The lowest BCUT2D eigenvalue weighted by atomic mass is 9.67. The summed E-state index contributed by atoms with van der Waals surface area (Å²) in [6.45, 7) is 0. The van der Waals surface area contributed by atoms with Crippen LogP contribution in [0.25, 0.3) is 56.4 Å². The van der Waals surface area contributed by atoms with E-state index in [4.69, 9.17) is 15.0 Å². The Morgan fingerprint density at radius 1 is 0.365 bits per heavy atom. The number of aromatic nitrogens is 3. The molecule has 0 unspecified atom stereocenters. The SMILES string of the molecule is O=S1(=O)c2ccccc2C2(c3ccccc3-c3c(-c4nc(-c5ccccc5)nc(-c5cccc(-c6ccccc6)c5)n4)cccc32)c2ccccc21. The van der Waals surface area contributed by atoms with E-state index in [1.165, 1.54) is 0 Å². The number of hydrogen-bond donors (Lipinski definition) is 0. The van der Waals surface area contributed by atoms with E-state index in [1.54, 1.807) is 24.3 Å². The normalized spacial score (nSPS) is 14.2. The first-order valence-electron chi connectivity index (χ1n) is 17.2. The Hall–Kier alpha value is -6.50. The molecule has 5 nitrogen and oxygen atoms in total. The molecule has 0 saturated heterocycles. The van der Waals surface area contributed by atoms with E-state index in [1.807, 2.05) is 103 Å². The van der Waals surface area contributed by atoms with Gasteiger partial charge < -0.3 is 0 Å². The average Bonchev–Trinajstić information content (AvgIpc) is 3.52. The van der Waals surface area contributed by atoms with Gasteiger partial charge >= 0.3 is 0 Å². The second kappa shape index (κ2) is 11.5. The van der Waals surface area contributed by atoms with Crippen LogP contribution >= 0.6 is 0 Å². The Kier molecular flexibility index (Phi) is 6.72. The van der Waals surface area contributed by atoms with Crippen molar-refractivity contribution in [2.24, 2.45) is 0 Å². The molecule has 1 aliphatic carbocycles. The summed E-state index contributed by atoms with van der Waals surface area (Å²) in [7, 11) is -3.76. The van der Waals surface area contributed by atoms with Crippen LogP contribution in [0.4, 0.5) is 0 Å². The van der Waals surface area contributed by atoms with E-state index >= 15 is 0 Å². The zero-order valence-corrected chi connectivity index (χ0v) is 28.6. The highest BCUT2D eigenvalue weighted by Crippen LogP contribution is 2.62. The summed E-state index contributed by atoms with van der Waals surface area (Å²) < 4.78 is 28.4. The maximum absolute atomic E-state index is 14.2. The first kappa shape index (κ1) is 30.3. The minimum atomic E-state index is -3.76. The number of hydrogen-bond acceptors (Lipinski definition) is 5. The third-order valence-electron chi connectivity index (χ3n) is 10.4. The quantitative estimate of drug-likeness (QED) is 0.184. The molecule has 1 spiro atoms. The van der Waals surface area contributed by atoms with Gasteiger partial charge in [0, 0.05) is 16.7 Å². The summed E-state index contributed by atoms with van der Waals surface area (Å²) in [5.74, 6) is 1.69. The Morgan fingerprint density at radius 3 is 1.52 bits per heavy atom. The Morgan fingerprint density at radius 2 is 0.827 bits per heavy atom. The van der Waals surface area contributed by atoms with Gasteiger partial charge in [-0.25, -0.2) is 23.4 Å². The van der Waals surface area contributed by atoms with Crippen LogP contribution in [0.2, 0.25) is 0 Å². The lowest BCUT2D eigenvalue weighted by Crippen LogP contribution is -2.35. The molecule has 0 N–H and O–H groups in total. The van der Waals surface area contributed by atoms with Crippen molar-refractivity contribution < 1.29 is 8.42 Å². The summed E-state index contributed by atoms with van der Waals surface area (Å²) in [5.41, 5.74) is 9.45. The van der Waals surface area contributed by atoms with Crippen LogP contribution in [0, 0.1) is 0 Å². The van der Waals surface area contributed by atoms with Gasteiger partial charge in [0.05, 0.1) is 15.2 Å². The van der Waals surface area contributed by atoms with Crippen LogP contribution < -0.4 is 0 Å². The molecule has 0 bridgehead atoms. The molecule has 0 fully saturated rings. The lowest BCUT2D eigenvalue weighted by molar-refractivity contribution is 0.580. The van der Waals surface area contributed by atoms with Gasteiger partial charge in [0.25, 0.3) is 0 Å². The fourth-order valence-corrected chi connectivity index (χ4v) is 9.96. The minimum absolute atomic E-state index is 0.328. The monoisotopic (exact) mass is 687 g/mol. The van der Waals surface area contributed by atoms with Crippen LogP contribution in [0.3, 0.4) is 0 Å². The molecule has 7 aromatic carbocycles. The standard InChI is InChI=1S/C46H29N3O2S/c50-52(51)40-27-11-9-24-37(40)46(38-25-10-12-28-41(38)52)36-23-8-7-21-34(36)42-35(22-14-26-39(42)46)45-48-43(31-17-5-2-6-18-31)47-44(49-45)33-20-13-19-32(29-33)30-15-3-1-4-16-30/h1-29H. The lowest BCUT2D eigenvalue weighted by Gasteiger charge is -2.39. The van der Waals surface area contributed by atoms with Crippen LogP contribution in [0.5, 0.6) is 0 Å². The predicted octanol–water partition coefficient (Wildman–Crippen LogP) is 10.0. The molecule has 10 rings (SSSR count). The molecule has 0 atom stereocenters. The highest BCUT2D eigenvalue weighted by molar-refractivity contribution is 7.91. The maximum Gasteiger partial charge on any atom is 0.207 e. The molecular formula is C46H29N3O2S. The van der Waals surface area contributed by atoms with Crippen LogP contribution in [0.1, 0.15) is 22.3 Å². The van der Waals surface area contributed by atoms with E-state index in [9.17, 15) is 8.42 Å². The number of sulfone groups is 1. The highest BCUT2D eigenvalue weighted by Gasteiger charge is 2.53. The second-order valence-corrected chi connectivity index (χ2v) is 15.0. The fraction of sp³-hybridized carbons (Fsp3) is 0.0217. The molecule has 0 saturated carbocycles. The van der Waals surface area contributed by atoms with E-state index in [0.717, 1.165) is 61.2 Å². The van der Waals surface area contributed by atoms with Gasteiger partial charge in [-0.15, -0.1) is 0 Å². The van der Waals surface area contributed by atoms with Crippen LogP contribution in [0.15, 0.2) is 186 Å². The first-order chi connectivity index (χ1) is 25.5. The van der Waals surface area contributed by atoms with E-state index in [0.29, 0.717) is 27.3 Å². The van der Waals surface area contributed by atoms with Crippen molar-refractivity contribution in [1.29, 1.82) is 0 Å². The first-order valence-corrected chi connectivity index (χ1v) is 18.7. The van der Waals surface area contributed by atoms with Crippen molar-refractivity contribution in [1.82, 2.24) is 15.0 Å². The van der Waals surface area contributed by atoms with Crippen LogP contribution in [-0.4, -0.2) is 23.4 Å². The largest absolute Gasteiger partial charge is 0.218 e. The third kappa shape index (κ3) is 4.34. The zero-order valence-electron chi connectivity index (χ0n) is 27.8. The van der Waals surface area contributed by atoms with Crippen molar-refractivity contribution in [3.8, 4) is 56.4 Å². The highest BCUT2D eigenvalue weighted by atomic mass is 32.2. The minimum Gasteiger partial charge on any atom is -0.218 e. The van der Waals surface area contributed by atoms with E-state index in [2.05, 4.69) is 48.5 Å². The molecule has 1 aromatic heterocycles. The number of benzene rings is 7. The molecule has 2 aliphatic rings. The molecule has 1 aliphatic heterocycles. The summed E-state index contributed by atoms with van der Waals surface area (Å²) >= 11 is 0. The smallest absolute Gasteiger partial charge is 0.207 e. The molecule has 0 amide bonds. The predicted molar refractivity (Wildman–Crippen MR) is 204 cm³/mol. The number of fused-ring (bicyclic) bond motifs is 9. The van der Waals surface area contributed by atoms with Gasteiger partial charge in [0.2, 0.25) is 9.84 Å². The maximum atomic E-state index is 14.2. The van der Waals surface area contributed by atoms with Crippen molar-refractivity contribution in [2.45, 2.75) is 15.2 Å². The van der Waals surface area contributed by atoms with Gasteiger partial charge in [-0.1, -0.05) is 158 Å². The van der Waals surface area contributed by atoms with Gasteiger partial charge in [0.15, 0.2) is 17.5 Å². The van der Waals surface area contributed by atoms with E-state index < -0.39 is 15.3 Å². The summed E-state index contributed by atoms with van der Waals surface area (Å²) in [4.78, 5) is 16.1. The Bertz CT molecular complexity index is 2760. The summed E-state index contributed by atoms with van der Waals surface area (Å²) in [6, 6.07) is 58.0. The van der Waals surface area contributed by atoms with Gasteiger partial charge in [0.1, 0.15) is 0 Å².